The van der Waals surface area contributed by atoms with Crippen LogP contribution in [0.1, 0.15) is 56.2 Å². The molecular formula is C83H62F2N2S2. The van der Waals surface area contributed by atoms with Crippen molar-refractivity contribution in [1.82, 2.24) is 0 Å². The standard InChI is InChI=1S/C83H62F2N2S2/c1-51(2)67-49-76(86(74-36-22-34-65-63-32-18-20-38-78(63)88-82(65)74)80-69(56-28-14-8-15-29-56)45-59(47-72(80)84)54-24-10-6-11-25-54)58-41-43-61-68(52(3)4)50-77(62(71(61)44-58)42-40-53(67)5)87(75-37-23-35-66-64-33-19-21-39-79(64)89-83(66)75)81-70(57-30-16-9-17-31-57)46-60(48-73(81)85)55-26-12-7-13-27-55/h6-52H,1-5H3. The largest absolute Gasteiger partial charge is 0.305 e. The monoisotopic (exact) mass is 1190 g/mol. The maximum absolute atomic E-state index is 18.9. The van der Waals surface area contributed by atoms with Gasteiger partial charge in [0.05, 0.1) is 43.5 Å². The van der Waals surface area contributed by atoms with Crippen LogP contribution in [0.3, 0.4) is 0 Å². The molecule has 2 bridgehead atoms. The van der Waals surface area contributed by atoms with E-state index < -0.39 is 0 Å². The van der Waals surface area contributed by atoms with Gasteiger partial charge in [0, 0.05) is 47.5 Å². The molecule has 430 valence electrons. The van der Waals surface area contributed by atoms with Crippen LogP contribution < -0.4 is 9.80 Å². The summed E-state index contributed by atoms with van der Waals surface area (Å²) in [5.41, 5.74) is 14.3. The zero-order chi connectivity index (χ0) is 60.4. The van der Waals surface area contributed by atoms with Crippen LogP contribution in [0.15, 0.2) is 273 Å². The van der Waals surface area contributed by atoms with Crippen LogP contribution in [0.2, 0.25) is 0 Å². The van der Waals surface area contributed by atoms with Gasteiger partial charge in [-0.3, -0.25) is 0 Å². The molecule has 2 aromatic heterocycles. The van der Waals surface area contributed by atoms with Crippen molar-refractivity contribution in [3.05, 3.63) is 301 Å². The molecule has 2 heterocycles. The predicted octanol–water partition coefficient (Wildman–Crippen LogP) is 25.7. The first-order chi connectivity index (χ1) is 43.6. The minimum Gasteiger partial charge on any atom is -0.305 e. The first-order valence-corrected chi connectivity index (χ1v) is 32.2. The molecule has 0 aliphatic rings. The SMILES string of the molecule is Cc1ccc2c(N(c3c(F)cc(-c4ccccc4)cc3-c3ccccc3)c3cccc4c3sc3ccccc34)cc(C(C)C)c3ccc(cc32)c(N(c2c(F)cc(-c3ccccc3)cc2-c2ccccc2)c2cccc3c2sc2ccccc23)cc1C(C)C. The summed E-state index contributed by atoms with van der Waals surface area (Å²) in [6.07, 6.45) is 0. The number of anilines is 6. The molecular weight excluding hydrogens is 1130 g/mol. The smallest absolute Gasteiger partial charge is 0.148 e. The van der Waals surface area contributed by atoms with Crippen LogP contribution in [0.4, 0.5) is 42.9 Å². The van der Waals surface area contributed by atoms with E-state index >= 15 is 8.78 Å². The van der Waals surface area contributed by atoms with Crippen LogP contribution in [-0.2, 0) is 0 Å². The predicted molar refractivity (Wildman–Crippen MR) is 380 cm³/mol. The van der Waals surface area contributed by atoms with E-state index in [-0.39, 0.29) is 23.5 Å². The van der Waals surface area contributed by atoms with Gasteiger partial charge in [-0.15, -0.1) is 22.7 Å². The Bertz CT molecular complexity index is 5240. The molecule has 0 fully saturated rings. The quantitative estimate of drug-likeness (QED) is 0.120. The summed E-state index contributed by atoms with van der Waals surface area (Å²) < 4.78 is 42.1. The van der Waals surface area contributed by atoms with Crippen molar-refractivity contribution < 1.29 is 8.78 Å². The van der Waals surface area contributed by atoms with Gasteiger partial charge in [-0.1, -0.05) is 234 Å². The summed E-state index contributed by atoms with van der Waals surface area (Å²) in [6, 6.07) is 94.6. The summed E-state index contributed by atoms with van der Waals surface area (Å²) in [4.78, 5) is 4.46. The highest BCUT2D eigenvalue weighted by Crippen LogP contribution is 2.54. The van der Waals surface area contributed by atoms with Gasteiger partial charge >= 0.3 is 0 Å². The Labute approximate surface area is 526 Å². The Morgan fingerprint density at radius 2 is 0.719 bits per heavy atom. The van der Waals surface area contributed by atoms with Crippen molar-refractivity contribution >= 4 is 119 Å². The zero-order valence-electron chi connectivity index (χ0n) is 50.1. The lowest BCUT2D eigenvalue weighted by molar-refractivity contribution is 0.629. The van der Waals surface area contributed by atoms with E-state index in [1.165, 1.54) is 0 Å². The topological polar surface area (TPSA) is 6.48 Å². The molecule has 0 spiro atoms. The summed E-state index contributed by atoms with van der Waals surface area (Å²) in [6.45, 7) is 11.2. The minimum absolute atomic E-state index is 0.0358. The van der Waals surface area contributed by atoms with Crippen molar-refractivity contribution in [3.63, 3.8) is 0 Å². The van der Waals surface area contributed by atoms with E-state index in [1.807, 2.05) is 97.1 Å². The van der Waals surface area contributed by atoms with Gasteiger partial charge < -0.3 is 9.80 Å². The number of thiophene rings is 2. The third kappa shape index (κ3) is 9.84. The second-order valence-electron chi connectivity index (χ2n) is 23.8. The van der Waals surface area contributed by atoms with Crippen LogP contribution in [0.25, 0.3) is 106 Å². The van der Waals surface area contributed by atoms with E-state index in [0.29, 0.717) is 11.4 Å². The summed E-state index contributed by atoms with van der Waals surface area (Å²) in [5, 5.41) is 8.43. The van der Waals surface area contributed by atoms with E-state index in [2.05, 4.69) is 208 Å². The molecule has 15 rings (SSSR count). The third-order valence-corrected chi connectivity index (χ3v) is 20.1. The Hall–Kier alpha value is -9.98. The molecule has 15 aromatic rings. The van der Waals surface area contributed by atoms with Gasteiger partial charge in [-0.05, 0) is 152 Å². The fraction of sp³-hybridized carbons (Fsp3) is 0.0843. The van der Waals surface area contributed by atoms with Crippen molar-refractivity contribution in [2.45, 2.75) is 46.5 Å². The number of aryl methyl sites for hydroxylation is 1. The maximum Gasteiger partial charge on any atom is 0.148 e. The summed E-state index contributed by atoms with van der Waals surface area (Å²) in [5.74, 6) is -0.609. The lowest BCUT2D eigenvalue weighted by Crippen LogP contribution is -2.15. The zero-order valence-corrected chi connectivity index (χ0v) is 51.7. The lowest BCUT2D eigenvalue weighted by atomic mass is 9.89. The summed E-state index contributed by atoms with van der Waals surface area (Å²) in [7, 11) is 0. The molecule has 0 unspecified atom stereocenters. The molecule has 0 radical (unpaired) electrons. The number of nitrogens with zero attached hydrogens (tertiary/aromatic N) is 2. The van der Waals surface area contributed by atoms with Crippen molar-refractivity contribution in [2.75, 3.05) is 9.80 Å². The lowest BCUT2D eigenvalue weighted by Gasteiger charge is -2.32. The molecule has 0 saturated carbocycles. The summed E-state index contributed by atoms with van der Waals surface area (Å²) >= 11 is 3.48. The average Bonchev–Trinajstić information content (AvgIpc) is 1.66. The highest BCUT2D eigenvalue weighted by atomic mass is 32.1. The molecule has 0 saturated heterocycles. The average molecular weight is 1190 g/mol. The van der Waals surface area contributed by atoms with Crippen molar-refractivity contribution in [3.8, 4) is 44.5 Å². The van der Waals surface area contributed by atoms with Crippen LogP contribution in [0, 0.1) is 18.6 Å². The first kappa shape index (κ1) is 55.6. The van der Waals surface area contributed by atoms with Crippen LogP contribution >= 0.6 is 22.7 Å². The van der Waals surface area contributed by atoms with Gasteiger partial charge in [-0.2, -0.15) is 0 Å². The molecule has 6 heteroatoms. The third-order valence-electron chi connectivity index (χ3n) is 17.7. The Morgan fingerprint density at radius 3 is 1.20 bits per heavy atom. The highest BCUT2D eigenvalue weighted by molar-refractivity contribution is 7.26. The van der Waals surface area contributed by atoms with Gasteiger partial charge in [0.25, 0.3) is 0 Å². The second kappa shape index (κ2) is 22.9. The highest BCUT2D eigenvalue weighted by Gasteiger charge is 2.30. The Morgan fingerprint density at radius 1 is 0.303 bits per heavy atom. The normalized spacial score (nSPS) is 11.7. The fourth-order valence-corrected chi connectivity index (χ4v) is 15.8. The van der Waals surface area contributed by atoms with Crippen LogP contribution in [-0.4, -0.2) is 0 Å². The Balaban J connectivity index is 1.10. The number of hydrogen-bond acceptors (Lipinski definition) is 4. The van der Waals surface area contributed by atoms with E-state index in [9.17, 15) is 0 Å². The van der Waals surface area contributed by atoms with Gasteiger partial charge in [0.1, 0.15) is 11.6 Å². The molecule has 0 atom stereocenters. The number of halogens is 2. The molecule has 89 heavy (non-hydrogen) atoms. The number of fused-ring (bicyclic) bond motifs is 7. The van der Waals surface area contributed by atoms with E-state index in [1.54, 1.807) is 34.8 Å². The van der Waals surface area contributed by atoms with Crippen molar-refractivity contribution in [1.29, 1.82) is 0 Å². The van der Waals surface area contributed by atoms with Crippen LogP contribution in [0.5, 0.6) is 0 Å². The number of rotatable bonds is 12. The molecule has 2 nitrogen and oxygen atoms in total. The number of benzene rings is 12. The molecule has 13 aromatic carbocycles. The Kier molecular flexibility index (Phi) is 14.3. The second-order valence-corrected chi connectivity index (χ2v) is 25.9. The van der Waals surface area contributed by atoms with Gasteiger partial charge in [-0.25, -0.2) is 8.78 Å². The fourth-order valence-electron chi connectivity index (χ4n) is 13.4. The van der Waals surface area contributed by atoms with E-state index in [4.69, 9.17) is 0 Å². The van der Waals surface area contributed by atoms with Gasteiger partial charge in [0.15, 0.2) is 0 Å². The van der Waals surface area contributed by atoms with E-state index in [0.717, 1.165) is 146 Å². The van der Waals surface area contributed by atoms with Gasteiger partial charge in [0.2, 0.25) is 0 Å². The number of hydrogen-bond donors (Lipinski definition) is 0. The molecule has 0 aliphatic heterocycles. The maximum atomic E-state index is 18.9. The molecule has 0 amide bonds. The molecule has 0 N–H and O–H groups in total. The van der Waals surface area contributed by atoms with Crippen molar-refractivity contribution in [2.24, 2.45) is 0 Å². The molecule has 0 aliphatic carbocycles. The minimum atomic E-state index is -0.348. The first-order valence-electron chi connectivity index (χ1n) is 30.6.